The molecule has 2 aromatic rings. The van der Waals surface area contributed by atoms with Crippen molar-refractivity contribution >= 4 is 11.3 Å². The first-order valence-corrected chi connectivity index (χ1v) is 5.61. The number of hydrogen-bond donors (Lipinski definition) is 1. The highest BCUT2D eigenvalue weighted by molar-refractivity contribution is 7.10. The predicted octanol–water partition coefficient (Wildman–Crippen LogP) is 3.24. The van der Waals surface area contributed by atoms with Gasteiger partial charge < -0.3 is 5.73 Å². The molecule has 0 fully saturated rings. The molecular weight excluding hydrogens is 209 g/mol. The predicted molar refractivity (Wildman–Crippen MR) is 61.5 cm³/mol. The maximum absolute atomic E-state index is 13.0. The van der Waals surface area contributed by atoms with Crippen molar-refractivity contribution in [2.45, 2.75) is 13.0 Å². The molecule has 78 valence electrons. The Balaban J connectivity index is 2.32. The number of aryl methyl sites for hydroxylation is 1. The summed E-state index contributed by atoms with van der Waals surface area (Å²) in [6.07, 6.45) is 0. The molecule has 1 unspecified atom stereocenters. The van der Waals surface area contributed by atoms with Gasteiger partial charge in [-0.05, 0) is 41.6 Å². The number of halogens is 1. The molecule has 0 spiro atoms. The summed E-state index contributed by atoms with van der Waals surface area (Å²) in [6, 6.07) is 8.25. The van der Waals surface area contributed by atoms with Crippen molar-refractivity contribution in [3.8, 4) is 0 Å². The molecule has 2 rings (SSSR count). The number of rotatable bonds is 2. The normalized spacial score (nSPS) is 12.7. The lowest BCUT2D eigenvalue weighted by molar-refractivity contribution is 0.623. The standard InChI is InChI=1S/C12H12FNS/c1-8-5-10(7-15-8)12(14)9-3-2-4-11(13)6-9/h2-7,12H,14H2,1H3. The molecule has 1 atom stereocenters. The van der Waals surface area contributed by atoms with E-state index >= 15 is 0 Å². The summed E-state index contributed by atoms with van der Waals surface area (Å²) in [4.78, 5) is 1.22. The first kappa shape index (κ1) is 10.3. The molecule has 0 radical (unpaired) electrons. The smallest absolute Gasteiger partial charge is 0.123 e. The molecule has 0 saturated heterocycles. The first-order chi connectivity index (χ1) is 7.16. The van der Waals surface area contributed by atoms with Crippen LogP contribution in [0.1, 0.15) is 22.0 Å². The molecule has 0 aliphatic heterocycles. The van der Waals surface area contributed by atoms with Gasteiger partial charge in [0.05, 0.1) is 6.04 Å². The first-order valence-electron chi connectivity index (χ1n) is 4.73. The number of benzene rings is 1. The summed E-state index contributed by atoms with van der Waals surface area (Å²) >= 11 is 1.66. The Morgan fingerprint density at radius 3 is 2.67 bits per heavy atom. The Morgan fingerprint density at radius 1 is 1.27 bits per heavy atom. The van der Waals surface area contributed by atoms with Crippen LogP contribution >= 0.6 is 11.3 Å². The van der Waals surface area contributed by atoms with Gasteiger partial charge in [-0.1, -0.05) is 12.1 Å². The Bertz CT molecular complexity index is 464. The van der Waals surface area contributed by atoms with Gasteiger partial charge in [0.2, 0.25) is 0 Å². The zero-order valence-corrected chi connectivity index (χ0v) is 9.22. The molecule has 1 aromatic heterocycles. The van der Waals surface area contributed by atoms with E-state index in [1.54, 1.807) is 17.4 Å². The van der Waals surface area contributed by atoms with Crippen molar-refractivity contribution in [1.82, 2.24) is 0 Å². The molecule has 15 heavy (non-hydrogen) atoms. The van der Waals surface area contributed by atoms with E-state index in [1.807, 2.05) is 24.4 Å². The summed E-state index contributed by atoms with van der Waals surface area (Å²) in [5, 5.41) is 2.02. The molecule has 1 aromatic carbocycles. The summed E-state index contributed by atoms with van der Waals surface area (Å²) in [5.41, 5.74) is 7.90. The van der Waals surface area contributed by atoms with E-state index in [2.05, 4.69) is 0 Å². The second-order valence-corrected chi connectivity index (χ2v) is 4.64. The van der Waals surface area contributed by atoms with Crippen molar-refractivity contribution in [3.63, 3.8) is 0 Å². The number of nitrogens with two attached hydrogens (primary N) is 1. The van der Waals surface area contributed by atoms with Crippen LogP contribution in [0, 0.1) is 12.7 Å². The minimum absolute atomic E-state index is 0.231. The number of hydrogen-bond acceptors (Lipinski definition) is 2. The lowest BCUT2D eigenvalue weighted by Crippen LogP contribution is -2.10. The van der Waals surface area contributed by atoms with Gasteiger partial charge in [-0.25, -0.2) is 4.39 Å². The second-order valence-electron chi connectivity index (χ2n) is 3.52. The van der Waals surface area contributed by atoms with Crippen molar-refractivity contribution < 1.29 is 4.39 Å². The van der Waals surface area contributed by atoms with Crippen molar-refractivity contribution in [2.75, 3.05) is 0 Å². The van der Waals surface area contributed by atoms with Gasteiger partial charge in [-0.15, -0.1) is 11.3 Å². The van der Waals surface area contributed by atoms with Crippen LogP contribution in [-0.4, -0.2) is 0 Å². The number of thiophene rings is 1. The lowest BCUT2D eigenvalue weighted by atomic mass is 10.0. The van der Waals surface area contributed by atoms with Crippen LogP contribution in [0.4, 0.5) is 4.39 Å². The summed E-state index contributed by atoms with van der Waals surface area (Å²) < 4.78 is 13.0. The van der Waals surface area contributed by atoms with E-state index in [1.165, 1.54) is 17.0 Å². The van der Waals surface area contributed by atoms with Crippen molar-refractivity contribution in [1.29, 1.82) is 0 Å². The van der Waals surface area contributed by atoms with E-state index in [4.69, 9.17) is 5.73 Å². The fourth-order valence-electron chi connectivity index (χ4n) is 1.52. The topological polar surface area (TPSA) is 26.0 Å². The molecule has 0 saturated carbocycles. The fraction of sp³-hybridized carbons (Fsp3) is 0.167. The van der Waals surface area contributed by atoms with Gasteiger partial charge in [0.15, 0.2) is 0 Å². The molecular formula is C12H12FNS. The molecule has 0 bridgehead atoms. The molecule has 0 amide bonds. The third kappa shape index (κ3) is 2.25. The summed E-state index contributed by atoms with van der Waals surface area (Å²) in [6.45, 7) is 2.03. The largest absolute Gasteiger partial charge is 0.320 e. The van der Waals surface area contributed by atoms with Crippen molar-refractivity contribution in [2.24, 2.45) is 5.73 Å². The van der Waals surface area contributed by atoms with Gasteiger partial charge in [0.1, 0.15) is 5.82 Å². The highest BCUT2D eigenvalue weighted by atomic mass is 32.1. The average Bonchev–Trinajstić information content (AvgIpc) is 2.64. The van der Waals surface area contributed by atoms with E-state index in [0.717, 1.165) is 11.1 Å². The van der Waals surface area contributed by atoms with E-state index < -0.39 is 0 Å². The molecule has 3 heteroatoms. The van der Waals surface area contributed by atoms with Crippen molar-refractivity contribution in [3.05, 3.63) is 57.5 Å². The van der Waals surface area contributed by atoms with Gasteiger partial charge in [-0.2, -0.15) is 0 Å². The maximum atomic E-state index is 13.0. The molecule has 1 nitrogen and oxygen atoms in total. The van der Waals surface area contributed by atoms with Gasteiger partial charge >= 0.3 is 0 Å². The minimum atomic E-state index is -0.241. The molecule has 0 aliphatic carbocycles. The van der Waals surface area contributed by atoms with Crippen LogP contribution in [-0.2, 0) is 0 Å². The van der Waals surface area contributed by atoms with Crippen LogP contribution in [0.5, 0.6) is 0 Å². The maximum Gasteiger partial charge on any atom is 0.123 e. The Labute approximate surface area is 92.4 Å². The van der Waals surface area contributed by atoms with Gasteiger partial charge in [0, 0.05) is 4.88 Å². The Kier molecular flexibility index (Phi) is 2.84. The van der Waals surface area contributed by atoms with Crippen LogP contribution in [0.25, 0.3) is 0 Å². The van der Waals surface area contributed by atoms with Crippen LogP contribution in [0.15, 0.2) is 35.7 Å². The van der Waals surface area contributed by atoms with Crippen LogP contribution in [0.3, 0.4) is 0 Å². The third-order valence-electron chi connectivity index (χ3n) is 2.32. The SMILES string of the molecule is Cc1cc(C(N)c2cccc(F)c2)cs1. The van der Waals surface area contributed by atoms with Crippen LogP contribution in [0.2, 0.25) is 0 Å². The average molecular weight is 221 g/mol. The van der Waals surface area contributed by atoms with Crippen LogP contribution < -0.4 is 5.73 Å². The second kappa shape index (κ2) is 4.13. The van der Waals surface area contributed by atoms with E-state index in [-0.39, 0.29) is 11.9 Å². The monoisotopic (exact) mass is 221 g/mol. The third-order valence-corrected chi connectivity index (χ3v) is 3.20. The van der Waals surface area contributed by atoms with E-state index in [9.17, 15) is 4.39 Å². The van der Waals surface area contributed by atoms with Gasteiger partial charge in [-0.3, -0.25) is 0 Å². The zero-order valence-electron chi connectivity index (χ0n) is 8.41. The summed E-state index contributed by atoms with van der Waals surface area (Å²) in [5.74, 6) is -0.241. The fourth-order valence-corrected chi connectivity index (χ4v) is 2.26. The zero-order chi connectivity index (χ0) is 10.8. The molecule has 0 aliphatic rings. The van der Waals surface area contributed by atoms with Gasteiger partial charge in [0.25, 0.3) is 0 Å². The quantitative estimate of drug-likeness (QED) is 0.827. The minimum Gasteiger partial charge on any atom is -0.320 e. The Hall–Kier alpha value is -1.19. The molecule has 1 heterocycles. The molecule has 2 N–H and O–H groups in total. The Morgan fingerprint density at radius 2 is 2.07 bits per heavy atom. The van der Waals surface area contributed by atoms with E-state index in [0.29, 0.717) is 0 Å². The highest BCUT2D eigenvalue weighted by Crippen LogP contribution is 2.24. The lowest BCUT2D eigenvalue weighted by Gasteiger charge is -2.09. The highest BCUT2D eigenvalue weighted by Gasteiger charge is 2.10. The summed E-state index contributed by atoms with van der Waals surface area (Å²) in [7, 11) is 0.